The van der Waals surface area contributed by atoms with Crippen LogP contribution in [-0.2, 0) is 4.74 Å². The second kappa shape index (κ2) is 10.5. The quantitative estimate of drug-likeness (QED) is 0.527. The molecule has 2 fully saturated rings. The zero-order valence-corrected chi connectivity index (χ0v) is 19.9. The van der Waals surface area contributed by atoms with Gasteiger partial charge in [-0.25, -0.2) is 17.6 Å². The summed E-state index contributed by atoms with van der Waals surface area (Å²) in [7, 11) is 0. The average molecular weight is 495 g/mol. The number of hydrogen-bond donors (Lipinski definition) is 0. The third-order valence-electron chi connectivity index (χ3n) is 6.48. The fourth-order valence-corrected chi connectivity index (χ4v) is 4.87. The summed E-state index contributed by atoms with van der Waals surface area (Å²) in [6.07, 6.45) is -2.60. The third kappa shape index (κ3) is 5.95. The SMILES string of the molecule is CC(C)Oc1ccc(C(=O)N2CCC3(CC2)CN(CC(F)F)CC(c2ccccc2F)O3)cc1F. The first-order valence-electron chi connectivity index (χ1n) is 11.8. The van der Waals surface area contributed by atoms with E-state index in [2.05, 4.69) is 0 Å². The zero-order valence-electron chi connectivity index (χ0n) is 19.9. The molecule has 0 aliphatic carbocycles. The molecule has 2 aromatic rings. The molecular weight excluding hydrogens is 464 g/mol. The summed E-state index contributed by atoms with van der Waals surface area (Å²) in [6.45, 7) is 4.22. The Bertz CT molecular complexity index is 1040. The minimum atomic E-state index is -2.52. The first-order chi connectivity index (χ1) is 16.7. The highest BCUT2D eigenvalue weighted by Crippen LogP contribution is 2.39. The highest BCUT2D eigenvalue weighted by Gasteiger charge is 2.45. The lowest BCUT2D eigenvalue weighted by molar-refractivity contribution is -0.180. The number of rotatable bonds is 6. The molecule has 35 heavy (non-hydrogen) atoms. The normalized spacial score (nSPS) is 20.6. The van der Waals surface area contributed by atoms with Crippen LogP contribution in [0.1, 0.15) is 48.7 Å². The molecule has 2 aliphatic heterocycles. The van der Waals surface area contributed by atoms with E-state index in [1.54, 1.807) is 41.8 Å². The lowest BCUT2D eigenvalue weighted by atomic mass is 9.87. The lowest BCUT2D eigenvalue weighted by Gasteiger charge is -2.50. The van der Waals surface area contributed by atoms with Gasteiger partial charge in [-0.05, 0) is 51.0 Å². The average Bonchev–Trinajstić information content (AvgIpc) is 2.80. The number of likely N-dealkylation sites (tertiary alicyclic amines) is 1. The number of halogens is 4. The molecule has 1 amide bonds. The number of benzene rings is 2. The molecule has 9 heteroatoms. The molecule has 0 aromatic heterocycles. The van der Waals surface area contributed by atoms with Gasteiger partial charge in [0.05, 0.1) is 24.4 Å². The van der Waals surface area contributed by atoms with Gasteiger partial charge in [0.1, 0.15) is 5.82 Å². The number of hydrogen-bond acceptors (Lipinski definition) is 4. The molecule has 1 unspecified atom stereocenters. The molecule has 2 aliphatic rings. The molecular formula is C26H30F4N2O3. The van der Waals surface area contributed by atoms with Crippen LogP contribution < -0.4 is 4.74 Å². The Balaban J connectivity index is 1.47. The number of morpholine rings is 1. The van der Waals surface area contributed by atoms with Crippen LogP contribution in [0.15, 0.2) is 42.5 Å². The van der Waals surface area contributed by atoms with Gasteiger partial charge < -0.3 is 14.4 Å². The predicted octanol–water partition coefficient (Wildman–Crippen LogP) is 5.07. The van der Waals surface area contributed by atoms with E-state index in [1.165, 1.54) is 24.3 Å². The summed E-state index contributed by atoms with van der Waals surface area (Å²) >= 11 is 0. The maximum atomic E-state index is 14.5. The number of piperidine rings is 1. The fourth-order valence-electron chi connectivity index (χ4n) is 4.87. The Morgan fingerprint density at radius 3 is 2.46 bits per heavy atom. The monoisotopic (exact) mass is 494 g/mol. The fraction of sp³-hybridized carbons (Fsp3) is 0.500. The molecule has 190 valence electrons. The van der Waals surface area contributed by atoms with Gasteiger partial charge >= 0.3 is 0 Å². The van der Waals surface area contributed by atoms with E-state index in [9.17, 15) is 22.4 Å². The van der Waals surface area contributed by atoms with E-state index < -0.39 is 36.3 Å². The van der Waals surface area contributed by atoms with Crippen LogP contribution in [0.3, 0.4) is 0 Å². The van der Waals surface area contributed by atoms with Crippen molar-refractivity contribution in [1.82, 2.24) is 9.80 Å². The number of amides is 1. The Morgan fingerprint density at radius 2 is 1.83 bits per heavy atom. The Hall–Kier alpha value is -2.65. The number of nitrogens with zero attached hydrogens (tertiary/aromatic N) is 2. The second-order valence-electron chi connectivity index (χ2n) is 9.50. The topological polar surface area (TPSA) is 42.0 Å². The van der Waals surface area contributed by atoms with Crippen molar-refractivity contribution >= 4 is 5.91 Å². The van der Waals surface area contributed by atoms with Gasteiger partial charge in [-0.3, -0.25) is 9.69 Å². The summed E-state index contributed by atoms with van der Waals surface area (Å²) < 4.78 is 67.1. The van der Waals surface area contributed by atoms with Gasteiger partial charge in [0.15, 0.2) is 11.6 Å². The number of carbonyl (C=O) groups is 1. The van der Waals surface area contributed by atoms with Gasteiger partial charge in [-0.15, -0.1) is 0 Å². The number of ether oxygens (including phenoxy) is 2. The molecule has 0 N–H and O–H groups in total. The molecule has 0 radical (unpaired) electrons. The number of carbonyl (C=O) groups excluding carboxylic acids is 1. The van der Waals surface area contributed by atoms with E-state index in [0.717, 1.165) is 0 Å². The van der Waals surface area contributed by atoms with Gasteiger partial charge in [-0.1, -0.05) is 18.2 Å². The molecule has 5 nitrogen and oxygen atoms in total. The largest absolute Gasteiger partial charge is 0.488 e. The molecule has 1 atom stereocenters. The summed E-state index contributed by atoms with van der Waals surface area (Å²) in [5.41, 5.74) is -0.233. The maximum Gasteiger partial charge on any atom is 0.253 e. The minimum Gasteiger partial charge on any atom is -0.488 e. The standard InChI is InChI=1S/C26H30F4N2O3/c1-17(2)34-22-8-7-18(13-21(22)28)25(33)32-11-9-26(10-12-32)16-31(15-24(29)30)14-23(35-26)19-5-3-4-6-20(19)27/h3-8,13,17,23-24H,9-12,14-16H2,1-2H3. The molecule has 2 saturated heterocycles. The molecule has 2 heterocycles. The summed E-state index contributed by atoms with van der Waals surface area (Å²) in [5.74, 6) is -1.28. The van der Waals surface area contributed by atoms with Crippen molar-refractivity contribution in [3.63, 3.8) is 0 Å². The second-order valence-corrected chi connectivity index (χ2v) is 9.50. The molecule has 0 saturated carbocycles. The van der Waals surface area contributed by atoms with Crippen LogP contribution >= 0.6 is 0 Å². The van der Waals surface area contributed by atoms with Crippen LogP contribution in [0, 0.1) is 11.6 Å². The number of alkyl halides is 2. The van der Waals surface area contributed by atoms with Crippen molar-refractivity contribution in [2.75, 3.05) is 32.7 Å². The van der Waals surface area contributed by atoms with E-state index in [4.69, 9.17) is 9.47 Å². The van der Waals surface area contributed by atoms with E-state index in [1.807, 2.05) is 0 Å². The van der Waals surface area contributed by atoms with E-state index >= 15 is 0 Å². The van der Waals surface area contributed by atoms with Crippen molar-refractivity contribution in [1.29, 1.82) is 0 Å². The summed E-state index contributed by atoms with van der Waals surface area (Å²) in [6, 6.07) is 10.3. The smallest absolute Gasteiger partial charge is 0.253 e. The summed E-state index contributed by atoms with van der Waals surface area (Å²) in [5, 5.41) is 0. The first kappa shape index (κ1) is 25.4. The van der Waals surface area contributed by atoms with Crippen molar-refractivity contribution in [2.45, 2.75) is 50.9 Å². The summed E-state index contributed by atoms with van der Waals surface area (Å²) in [4.78, 5) is 16.2. The van der Waals surface area contributed by atoms with E-state index in [0.29, 0.717) is 31.5 Å². The van der Waals surface area contributed by atoms with Crippen molar-refractivity contribution in [2.24, 2.45) is 0 Å². The van der Waals surface area contributed by atoms with Crippen LogP contribution in [0.2, 0.25) is 0 Å². The van der Waals surface area contributed by atoms with Crippen molar-refractivity contribution in [3.05, 3.63) is 65.2 Å². The first-order valence-corrected chi connectivity index (χ1v) is 11.8. The molecule has 1 spiro atoms. The lowest BCUT2D eigenvalue weighted by Crippen LogP contribution is -2.58. The third-order valence-corrected chi connectivity index (χ3v) is 6.48. The van der Waals surface area contributed by atoms with Gasteiger partial charge in [-0.2, -0.15) is 0 Å². The van der Waals surface area contributed by atoms with Crippen LogP contribution in [0.4, 0.5) is 17.6 Å². The van der Waals surface area contributed by atoms with Gasteiger partial charge in [0.25, 0.3) is 12.3 Å². The highest BCUT2D eigenvalue weighted by molar-refractivity contribution is 5.94. The van der Waals surface area contributed by atoms with Crippen LogP contribution in [-0.4, -0.2) is 66.6 Å². The maximum absolute atomic E-state index is 14.5. The zero-order chi connectivity index (χ0) is 25.2. The van der Waals surface area contributed by atoms with E-state index in [-0.39, 0.29) is 36.4 Å². The predicted molar refractivity (Wildman–Crippen MR) is 123 cm³/mol. The Kier molecular flexibility index (Phi) is 7.66. The highest BCUT2D eigenvalue weighted by atomic mass is 19.3. The Labute approximate surface area is 202 Å². The van der Waals surface area contributed by atoms with Crippen LogP contribution in [0.5, 0.6) is 5.75 Å². The van der Waals surface area contributed by atoms with Crippen molar-refractivity contribution in [3.8, 4) is 5.75 Å². The Morgan fingerprint density at radius 1 is 1.11 bits per heavy atom. The van der Waals surface area contributed by atoms with Crippen molar-refractivity contribution < 1.29 is 31.8 Å². The van der Waals surface area contributed by atoms with Gasteiger partial charge in [0.2, 0.25) is 0 Å². The molecule has 0 bridgehead atoms. The van der Waals surface area contributed by atoms with Gasteiger partial charge in [0, 0.05) is 37.3 Å². The molecule has 4 rings (SSSR count). The van der Waals surface area contributed by atoms with Crippen LogP contribution in [0.25, 0.3) is 0 Å². The molecule has 2 aromatic carbocycles. The minimum absolute atomic E-state index is 0.0862.